The van der Waals surface area contributed by atoms with Gasteiger partial charge >= 0.3 is 11.9 Å². The van der Waals surface area contributed by atoms with Crippen LogP contribution in [0.1, 0.15) is 13.8 Å². The van der Waals surface area contributed by atoms with E-state index in [1.165, 1.54) is 13.8 Å². The van der Waals surface area contributed by atoms with Gasteiger partial charge in [0.15, 0.2) is 0 Å². The Morgan fingerprint density at radius 1 is 1.06 bits per heavy atom. The number of rotatable bonds is 7. The third-order valence-electron chi connectivity index (χ3n) is 1.86. The Labute approximate surface area is 101 Å². The van der Waals surface area contributed by atoms with E-state index in [2.05, 4.69) is 13.2 Å². The molecule has 0 radical (unpaired) electrons. The smallest absolute Gasteiger partial charge is 0.333 e. The Hall–Kier alpha value is -1.62. The van der Waals surface area contributed by atoms with Gasteiger partial charge in [-0.25, -0.2) is 9.59 Å². The first kappa shape index (κ1) is 15.4. The minimum Gasteiger partial charge on any atom is -0.462 e. The average molecular weight is 242 g/mol. The second-order valence-electron chi connectivity index (χ2n) is 3.81. The quantitative estimate of drug-likeness (QED) is 0.529. The van der Waals surface area contributed by atoms with Gasteiger partial charge in [-0.1, -0.05) is 13.2 Å². The third-order valence-corrected chi connectivity index (χ3v) is 1.86. The Kier molecular flexibility index (Phi) is 6.89. The summed E-state index contributed by atoms with van der Waals surface area (Å²) in [6.07, 6.45) is 0. The number of aliphatic hydroxyl groups excluding tert-OH is 1. The molecule has 0 fully saturated rings. The van der Waals surface area contributed by atoms with Crippen LogP contribution in [0.25, 0.3) is 0 Å². The first-order chi connectivity index (χ1) is 7.88. The lowest BCUT2D eigenvalue weighted by Gasteiger charge is -2.14. The van der Waals surface area contributed by atoms with Crippen molar-refractivity contribution in [2.24, 2.45) is 5.92 Å². The second kappa shape index (κ2) is 7.62. The molecule has 0 saturated heterocycles. The van der Waals surface area contributed by atoms with Crippen LogP contribution >= 0.6 is 0 Å². The van der Waals surface area contributed by atoms with Crippen LogP contribution in [0.5, 0.6) is 0 Å². The largest absolute Gasteiger partial charge is 0.462 e. The van der Waals surface area contributed by atoms with Crippen molar-refractivity contribution in [1.82, 2.24) is 0 Å². The van der Waals surface area contributed by atoms with E-state index in [0.29, 0.717) is 0 Å². The zero-order valence-electron chi connectivity index (χ0n) is 10.2. The molecule has 17 heavy (non-hydrogen) atoms. The van der Waals surface area contributed by atoms with Crippen molar-refractivity contribution >= 4 is 11.9 Å². The fourth-order valence-corrected chi connectivity index (χ4v) is 0.787. The number of aliphatic hydroxyl groups is 1. The first-order valence-electron chi connectivity index (χ1n) is 5.14. The Bertz CT molecular complexity index is 289. The van der Waals surface area contributed by atoms with Crippen molar-refractivity contribution in [2.45, 2.75) is 13.8 Å². The highest BCUT2D eigenvalue weighted by atomic mass is 16.5. The van der Waals surface area contributed by atoms with Gasteiger partial charge in [-0.3, -0.25) is 0 Å². The molecule has 1 N–H and O–H groups in total. The van der Waals surface area contributed by atoms with Crippen molar-refractivity contribution in [2.75, 3.05) is 19.8 Å². The van der Waals surface area contributed by atoms with E-state index in [1.807, 2.05) is 0 Å². The summed E-state index contributed by atoms with van der Waals surface area (Å²) in [5.74, 6) is -1.51. The number of carbonyl (C=O) groups is 2. The molecular weight excluding hydrogens is 224 g/mol. The summed E-state index contributed by atoms with van der Waals surface area (Å²) in [6.45, 7) is 9.61. The molecule has 0 aliphatic heterocycles. The Morgan fingerprint density at radius 3 is 1.65 bits per heavy atom. The third kappa shape index (κ3) is 6.52. The van der Waals surface area contributed by atoms with E-state index in [-0.39, 0.29) is 31.0 Å². The van der Waals surface area contributed by atoms with Gasteiger partial charge in [-0.15, -0.1) is 0 Å². The number of ether oxygens (including phenoxy) is 2. The van der Waals surface area contributed by atoms with E-state index < -0.39 is 17.9 Å². The van der Waals surface area contributed by atoms with E-state index in [4.69, 9.17) is 14.6 Å². The number of carbonyl (C=O) groups excluding carboxylic acids is 2. The molecule has 0 aromatic carbocycles. The van der Waals surface area contributed by atoms with Crippen molar-refractivity contribution in [3.63, 3.8) is 0 Å². The summed E-state index contributed by atoms with van der Waals surface area (Å²) in [5, 5.41) is 9.00. The van der Waals surface area contributed by atoms with E-state index in [0.717, 1.165) is 0 Å². The molecule has 5 heteroatoms. The standard InChI is InChI=1S/C12H18O5/c1-8(2)11(14)16-6-10(5-13)7-17-12(15)9(3)4/h10,13H,1,3,5-7H2,2,4H3. The van der Waals surface area contributed by atoms with Gasteiger partial charge in [0, 0.05) is 11.1 Å². The predicted molar refractivity (Wildman–Crippen MR) is 62.1 cm³/mol. The molecule has 0 spiro atoms. The fourth-order valence-electron chi connectivity index (χ4n) is 0.787. The maximum atomic E-state index is 11.1. The van der Waals surface area contributed by atoms with Crippen molar-refractivity contribution in [3.8, 4) is 0 Å². The van der Waals surface area contributed by atoms with Gasteiger partial charge in [0.2, 0.25) is 0 Å². The highest BCUT2D eigenvalue weighted by Crippen LogP contribution is 2.03. The zero-order chi connectivity index (χ0) is 13.4. The van der Waals surface area contributed by atoms with Crippen LogP contribution in [0.15, 0.2) is 24.3 Å². The molecule has 0 atom stereocenters. The molecule has 5 nitrogen and oxygen atoms in total. The van der Waals surface area contributed by atoms with Crippen LogP contribution in [0.3, 0.4) is 0 Å². The lowest BCUT2D eigenvalue weighted by molar-refractivity contribution is -0.144. The lowest BCUT2D eigenvalue weighted by Crippen LogP contribution is -2.24. The van der Waals surface area contributed by atoms with E-state index >= 15 is 0 Å². The highest BCUT2D eigenvalue weighted by molar-refractivity contribution is 5.87. The molecule has 0 bridgehead atoms. The van der Waals surface area contributed by atoms with E-state index in [1.54, 1.807) is 0 Å². The van der Waals surface area contributed by atoms with Crippen LogP contribution in [-0.4, -0.2) is 36.9 Å². The molecule has 0 unspecified atom stereocenters. The molecule has 96 valence electrons. The maximum absolute atomic E-state index is 11.1. The highest BCUT2D eigenvalue weighted by Gasteiger charge is 2.14. The van der Waals surface area contributed by atoms with Gasteiger partial charge in [0.05, 0.1) is 25.7 Å². The molecule has 0 aliphatic rings. The van der Waals surface area contributed by atoms with Gasteiger partial charge in [-0.2, -0.15) is 0 Å². The van der Waals surface area contributed by atoms with Crippen molar-refractivity contribution in [1.29, 1.82) is 0 Å². The Morgan fingerprint density at radius 2 is 1.41 bits per heavy atom. The minimum atomic E-state index is -0.533. The average Bonchev–Trinajstić information content (AvgIpc) is 2.28. The van der Waals surface area contributed by atoms with Crippen molar-refractivity contribution in [3.05, 3.63) is 24.3 Å². The summed E-state index contributed by atoms with van der Waals surface area (Å²) in [6, 6.07) is 0. The number of hydrogen-bond donors (Lipinski definition) is 1. The van der Waals surface area contributed by atoms with Crippen LogP contribution in [0.4, 0.5) is 0 Å². The van der Waals surface area contributed by atoms with Gasteiger partial charge in [0.1, 0.15) is 0 Å². The normalized spacial score (nSPS) is 9.88. The molecule has 0 aromatic heterocycles. The monoisotopic (exact) mass is 242 g/mol. The molecule has 0 aromatic rings. The minimum absolute atomic E-state index is 0.0222. The maximum Gasteiger partial charge on any atom is 0.333 e. The molecular formula is C12H18O5. The molecule has 0 heterocycles. The van der Waals surface area contributed by atoms with Gasteiger partial charge in [-0.05, 0) is 13.8 Å². The predicted octanol–water partition coefficient (Wildman–Crippen LogP) is 0.834. The molecule has 0 amide bonds. The van der Waals surface area contributed by atoms with Gasteiger partial charge < -0.3 is 14.6 Å². The Balaban J connectivity index is 4.00. The lowest BCUT2D eigenvalue weighted by atomic mass is 10.2. The number of hydrogen-bond acceptors (Lipinski definition) is 5. The van der Waals surface area contributed by atoms with Crippen LogP contribution in [0, 0.1) is 5.92 Å². The van der Waals surface area contributed by atoms with Gasteiger partial charge in [0.25, 0.3) is 0 Å². The number of esters is 2. The molecule has 0 rings (SSSR count). The summed E-state index contributed by atoms with van der Waals surface area (Å²) in [7, 11) is 0. The first-order valence-corrected chi connectivity index (χ1v) is 5.14. The molecule has 0 aliphatic carbocycles. The molecule has 0 saturated carbocycles. The summed E-state index contributed by atoms with van der Waals surface area (Å²) >= 11 is 0. The summed E-state index contributed by atoms with van der Waals surface area (Å²) < 4.78 is 9.67. The fraction of sp³-hybridized carbons (Fsp3) is 0.500. The van der Waals surface area contributed by atoms with E-state index in [9.17, 15) is 9.59 Å². The van der Waals surface area contributed by atoms with Crippen molar-refractivity contribution < 1.29 is 24.2 Å². The van der Waals surface area contributed by atoms with Crippen LogP contribution < -0.4 is 0 Å². The van der Waals surface area contributed by atoms with Crippen LogP contribution in [-0.2, 0) is 19.1 Å². The topological polar surface area (TPSA) is 72.8 Å². The zero-order valence-corrected chi connectivity index (χ0v) is 10.2. The second-order valence-corrected chi connectivity index (χ2v) is 3.81. The summed E-state index contributed by atoms with van der Waals surface area (Å²) in [5.41, 5.74) is 0.557. The summed E-state index contributed by atoms with van der Waals surface area (Å²) in [4.78, 5) is 22.2. The van der Waals surface area contributed by atoms with Crippen LogP contribution in [0.2, 0.25) is 0 Å². The SMILES string of the molecule is C=C(C)C(=O)OCC(CO)COC(=O)C(=C)C.